The van der Waals surface area contributed by atoms with Crippen LogP contribution in [-0.2, 0) is 16.2 Å². The van der Waals surface area contributed by atoms with Crippen molar-refractivity contribution < 1.29 is 26.3 Å². The molecule has 0 bridgehead atoms. The van der Waals surface area contributed by atoms with Gasteiger partial charge in [0.25, 0.3) is 0 Å². The summed E-state index contributed by atoms with van der Waals surface area (Å²) < 4.78 is 73.6. The number of likely N-dealkylation sites (N-methyl/N-ethyl adjacent to an activating group) is 1. The maximum Gasteiger partial charge on any atom is 0.419 e. The van der Waals surface area contributed by atoms with Crippen LogP contribution >= 0.6 is 23.2 Å². The van der Waals surface area contributed by atoms with Crippen molar-refractivity contribution >= 4 is 33.2 Å². The van der Waals surface area contributed by atoms with E-state index in [4.69, 9.17) is 27.9 Å². The van der Waals surface area contributed by atoms with Gasteiger partial charge >= 0.3 is 6.18 Å². The van der Waals surface area contributed by atoms with Gasteiger partial charge in [0.1, 0.15) is 11.5 Å². The molecule has 0 spiro atoms. The van der Waals surface area contributed by atoms with Crippen LogP contribution in [0.3, 0.4) is 0 Å². The highest BCUT2D eigenvalue weighted by molar-refractivity contribution is 7.89. The lowest BCUT2D eigenvalue weighted by molar-refractivity contribution is -0.138. The minimum atomic E-state index is -4.59. The Morgan fingerprint density at radius 3 is 2.21 bits per heavy atom. The highest BCUT2D eigenvalue weighted by Crippen LogP contribution is 2.38. The molecule has 0 heterocycles. The Balaban J connectivity index is 1.83. The smallest absolute Gasteiger partial charge is 0.419 e. The van der Waals surface area contributed by atoms with Gasteiger partial charge in [-0.1, -0.05) is 41.4 Å². The first-order valence-electron chi connectivity index (χ1n) is 9.93. The van der Waals surface area contributed by atoms with E-state index in [9.17, 15) is 21.6 Å². The Morgan fingerprint density at radius 2 is 1.62 bits per heavy atom. The molecule has 3 aromatic carbocycles. The van der Waals surface area contributed by atoms with Crippen molar-refractivity contribution in [1.82, 2.24) is 9.62 Å². The highest BCUT2D eigenvalue weighted by atomic mass is 35.5. The van der Waals surface area contributed by atoms with E-state index in [1.54, 1.807) is 32.3 Å². The van der Waals surface area contributed by atoms with Crippen molar-refractivity contribution in [2.75, 3.05) is 20.6 Å². The van der Waals surface area contributed by atoms with E-state index in [0.717, 1.165) is 6.07 Å². The Bertz CT molecular complexity index is 1250. The van der Waals surface area contributed by atoms with Gasteiger partial charge in [-0.15, -0.1) is 0 Å². The van der Waals surface area contributed by atoms with Crippen LogP contribution in [0, 0.1) is 0 Å². The second kappa shape index (κ2) is 10.5. The molecule has 1 N–H and O–H groups in total. The number of ether oxygens (including phenoxy) is 1. The van der Waals surface area contributed by atoms with Crippen LogP contribution in [0.2, 0.25) is 10.0 Å². The van der Waals surface area contributed by atoms with Gasteiger partial charge in [0.05, 0.1) is 26.5 Å². The minimum absolute atomic E-state index is 0.0602. The molecule has 11 heteroatoms. The monoisotopic (exact) mass is 532 g/mol. The number of halogens is 5. The zero-order valence-corrected chi connectivity index (χ0v) is 20.4. The molecule has 0 aliphatic heterocycles. The summed E-state index contributed by atoms with van der Waals surface area (Å²) in [6.07, 6.45) is -4.59. The first-order valence-corrected chi connectivity index (χ1v) is 12.2. The van der Waals surface area contributed by atoms with E-state index >= 15 is 0 Å². The van der Waals surface area contributed by atoms with E-state index in [-0.39, 0.29) is 16.4 Å². The van der Waals surface area contributed by atoms with Crippen molar-refractivity contribution in [2.45, 2.75) is 17.1 Å². The molecule has 0 aliphatic rings. The van der Waals surface area contributed by atoms with Crippen molar-refractivity contribution in [3.8, 4) is 11.5 Å². The second-order valence-electron chi connectivity index (χ2n) is 7.68. The van der Waals surface area contributed by atoms with Crippen LogP contribution < -0.4 is 9.46 Å². The summed E-state index contributed by atoms with van der Waals surface area (Å²) in [7, 11) is -0.395. The molecule has 182 valence electrons. The third kappa shape index (κ3) is 6.64. The number of para-hydroxylation sites is 1. The van der Waals surface area contributed by atoms with Crippen LogP contribution in [0.5, 0.6) is 11.5 Å². The minimum Gasteiger partial charge on any atom is -0.457 e. The molecule has 0 amide bonds. The van der Waals surface area contributed by atoms with Crippen LogP contribution in [0.25, 0.3) is 0 Å². The zero-order valence-electron chi connectivity index (χ0n) is 18.1. The first kappa shape index (κ1) is 26.3. The highest BCUT2D eigenvalue weighted by Gasteiger charge is 2.34. The van der Waals surface area contributed by atoms with Gasteiger partial charge < -0.3 is 9.64 Å². The third-order valence-electron chi connectivity index (χ3n) is 4.75. The molecule has 0 fully saturated rings. The fourth-order valence-electron chi connectivity index (χ4n) is 3.16. The normalized spacial score (nSPS) is 13.2. The fourth-order valence-corrected chi connectivity index (χ4v) is 4.69. The summed E-state index contributed by atoms with van der Waals surface area (Å²) >= 11 is 12.1. The van der Waals surface area contributed by atoms with Crippen molar-refractivity contribution in [1.29, 1.82) is 0 Å². The van der Waals surface area contributed by atoms with Crippen LogP contribution in [0.15, 0.2) is 71.6 Å². The standard InChI is InChI=1S/C23H21Cl2F3N2O3S/c1-30(2)14-21(15-7-12-19(24)20(25)13-15)29-34(31,32)17-10-8-16(9-11-17)33-22-6-4-3-5-18(22)23(26,27)28/h3-13,21,29H,14H2,1-2H3/t21-/m0/s1. The lowest BCUT2D eigenvalue weighted by Crippen LogP contribution is -2.35. The number of hydrogen-bond acceptors (Lipinski definition) is 4. The van der Waals surface area contributed by atoms with Crippen molar-refractivity contribution in [3.63, 3.8) is 0 Å². The average molecular weight is 533 g/mol. The van der Waals surface area contributed by atoms with E-state index in [1.165, 1.54) is 42.5 Å². The quantitative estimate of drug-likeness (QED) is 0.365. The summed E-state index contributed by atoms with van der Waals surface area (Å²) in [6, 6.07) is 14.1. The Hall–Kier alpha value is -2.30. The molecule has 0 aliphatic carbocycles. The zero-order chi connectivity index (χ0) is 25.1. The molecule has 0 saturated carbocycles. The number of hydrogen-bond donors (Lipinski definition) is 1. The molecule has 5 nitrogen and oxygen atoms in total. The van der Waals surface area contributed by atoms with Crippen LogP contribution in [0.4, 0.5) is 13.2 Å². The average Bonchev–Trinajstić information content (AvgIpc) is 2.75. The van der Waals surface area contributed by atoms with Gasteiger partial charge in [-0.3, -0.25) is 0 Å². The number of alkyl halides is 3. The van der Waals surface area contributed by atoms with Gasteiger partial charge in [0, 0.05) is 6.54 Å². The van der Waals surface area contributed by atoms with Gasteiger partial charge in [-0.05, 0) is 68.2 Å². The molecule has 3 aromatic rings. The summed E-state index contributed by atoms with van der Waals surface area (Å²) in [4.78, 5) is 1.73. The lowest BCUT2D eigenvalue weighted by atomic mass is 10.1. The topological polar surface area (TPSA) is 58.6 Å². The largest absolute Gasteiger partial charge is 0.457 e. The van der Waals surface area contributed by atoms with Gasteiger partial charge in [0.2, 0.25) is 10.0 Å². The van der Waals surface area contributed by atoms with E-state index in [1.807, 2.05) is 4.90 Å². The predicted molar refractivity (Wildman–Crippen MR) is 126 cm³/mol. The SMILES string of the molecule is CN(C)C[C@H](NS(=O)(=O)c1ccc(Oc2ccccc2C(F)(F)F)cc1)c1ccc(Cl)c(Cl)c1. The molecule has 0 radical (unpaired) electrons. The van der Waals surface area contributed by atoms with Crippen LogP contribution in [0.1, 0.15) is 17.2 Å². The van der Waals surface area contributed by atoms with E-state index < -0.39 is 27.8 Å². The summed E-state index contributed by atoms with van der Waals surface area (Å²) in [5.41, 5.74) is -0.308. The molecule has 3 rings (SSSR count). The molecule has 0 saturated heterocycles. The van der Waals surface area contributed by atoms with Crippen molar-refractivity contribution in [3.05, 3.63) is 87.9 Å². The Morgan fingerprint density at radius 1 is 0.971 bits per heavy atom. The summed E-state index contributed by atoms with van der Waals surface area (Å²) in [5, 5.41) is 0.641. The van der Waals surface area contributed by atoms with E-state index in [2.05, 4.69) is 4.72 Å². The fraction of sp³-hybridized carbons (Fsp3) is 0.217. The number of sulfonamides is 1. The number of nitrogens with one attached hydrogen (secondary N) is 1. The molecular weight excluding hydrogens is 512 g/mol. The Labute approximate surface area is 206 Å². The van der Waals surface area contributed by atoms with Gasteiger partial charge in [0.15, 0.2) is 0 Å². The van der Waals surface area contributed by atoms with Crippen molar-refractivity contribution in [2.24, 2.45) is 0 Å². The maximum absolute atomic E-state index is 13.2. The maximum atomic E-state index is 13.2. The van der Waals surface area contributed by atoms with Crippen LogP contribution in [-0.4, -0.2) is 34.0 Å². The third-order valence-corrected chi connectivity index (χ3v) is 6.97. The summed E-state index contributed by atoms with van der Waals surface area (Å²) in [6.45, 7) is 0.340. The summed E-state index contributed by atoms with van der Waals surface area (Å²) in [5.74, 6) is -0.320. The Kier molecular flexibility index (Phi) is 8.15. The lowest BCUT2D eigenvalue weighted by Gasteiger charge is -2.23. The predicted octanol–water partition coefficient (Wildman–Crippen LogP) is 6.39. The molecule has 1 atom stereocenters. The van der Waals surface area contributed by atoms with E-state index in [0.29, 0.717) is 22.2 Å². The number of nitrogens with zero attached hydrogens (tertiary/aromatic N) is 1. The molecular formula is C23H21Cl2F3N2O3S. The molecule has 0 aromatic heterocycles. The molecule has 34 heavy (non-hydrogen) atoms. The number of rotatable bonds is 8. The van der Waals surface area contributed by atoms with Gasteiger partial charge in [-0.2, -0.15) is 13.2 Å². The first-order chi connectivity index (χ1) is 15.9. The van der Waals surface area contributed by atoms with Gasteiger partial charge in [-0.25, -0.2) is 13.1 Å². The number of benzene rings is 3. The second-order valence-corrected chi connectivity index (χ2v) is 10.2. The molecule has 0 unspecified atom stereocenters.